The van der Waals surface area contributed by atoms with E-state index in [4.69, 9.17) is 14.5 Å². The predicted molar refractivity (Wildman–Crippen MR) is 149 cm³/mol. The minimum atomic E-state index is -0.354. The molecule has 0 aliphatic heterocycles. The third-order valence-corrected chi connectivity index (χ3v) is 8.94. The Bertz CT molecular complexity index is 1170. The van der Waals surface area contributed by atoms with Gasteiger partial charge in [0.15, 0.2) is 5.75 Å². The molecule has 1 aromatic carbocycles. The summed E-state index contributed by atoms with van der Waals surface area (Å²) < 4.78 is 13.5. The van der Waals surface area contributed by atoms with Crippen molar-refractivity contribution in [2.24, 2.45) is 11.8 Å². The first kappa shape index (κ1) is 25.8. The molecule has 2 fully saturated rings. The van der Waals surface area contributed by atoms with Gasteiger partial charge in [0.2, 0.25) is 0 Å². The summed E-state index contributed by atoms with van der Waals surface area (Å²) in [6.45, 7) is 3.70. The molecule has 1 amide bonds. The van der Waals surface area contributed by atoms with Crippen molar-refractivity contribution in [1.82, 2.24) is 14.9 Å². The van der Waals surface area contributed by atoms with Gasteiger partial charge in [0.1, 0.15) is 10.8 Å². The molecule has 5 rings (SSSR count). The van der Waals surface area contributed by atoms with Crippen LogP contribution < -0.4 is 14.8 Å². The molecule has 2 aliphatic rings. The molecule has 0 spiro atoms. The fourth-order valence-electron chi connectivity index (χ4n) is 5.81. The standard InChI is InChI=1S/C30H39N3O3S/c1-21-28(36-30(34)31-18-22-9-5-3-6-10-22)17-27(33(21)19-23-11-7-4-8-12-23)26-20-37-29(32-26)24-13-15-25(35-2)16-14-24/h13-17,20,22-23H,3-12,18-19H2,1-2H3,(H,31,34). The number of nitrogens with one attached hydrogen (secondary N) is 1. The van der Waals surface area contributed by atoms with Crippen LogP contribution in [0.3, 0.4) is 0 Å². The minimum absolute atomic E-state index is 0.354. The summed E-state index contributed by atoms with van der Waals surface area (Å²) in [7, 11) is 1.68. The second-order valence-electron chi connectivity index (χ2n) is 10.6. The van der Waals surface area contributed by atoms with E-state index in [9.17, 15) is 4.79 Å². The highest BCUT2D eigenvalue weighted by Crippen LogP contribution is 2.36. The van der Waals surface area contributed by atoms with Gasteiger partial charge in [-0.25, -0.2) is 9.78 Å². The van der Waals surface area contributed by atoms with Gasteiger partial charge in [-0.2, -0.15) is 0 Å². The zero-order valence-corrected chi connectivity index (χ0v) is 22.9. The Balaban J connectivity index is 1.36. The molecule has 2 aromatic heterocycles. The molecule has 1 N–H and O–H groups in total. The predicted octanol–water partition coefficient (Wildman–Crippen LogP) is 7.84. The Labute approximate surface area is 224 Å². The monoisotopic (exact) mass is 521 g/mol. The largest absolute Gasteiger partial charge is 0.497 e. The number of methoxy groups -OCH3 is 1. The number of thiazole rings is 1. The van der Waals surface area contributed by atoms with Crippen molar-refractivity contribution in [3.63, 3.8) is 0 Å². The van der Waals surface area contributed by atoms with Gasteiger partial charge < -0.3 is 19.4 Å². The van der Waals surface area contributed by atoms with Gasteiger partial charge in [0, 0.05) is 30.1 Å². The third kappa shape index (κ3) is 6.38. The number of amides is 1. The summed E-state index contributed by atoms with van der Waals surface area (Å²) in [5.74, 6) is 2.68. The smallest absolute Gasteiger partial charge is 0.412 e. The van der Waals surface area contributed by atoms with E-state index in [1.807, 2.05) is 30.3 Å². The van der Waals surface area contributed by atoms with Crippen LogP contribution in [0.4, 0.5) is 4.79 Å². The van der Waals surface area contributed by atoms with Crippen LogP contribution in [-0.4, -0.2) is 29.3 Å². The third-order valence-electron chi connectivity index (χ3n) is 8.05. The van der Waals surface area contributed by atoms with E-state index in [1.165, 1.54) is 64.2 Å². The molecule has 2 saturated carbocycles. The first-order chi connectivity index (χ1) is 18.1. The highest BCUT2D eigenvalue weighted by Gasteiger charge is 2.23. The van der Waals surface area contributed by atoms with Gasteiger partial charge in [-0.3, -0.25) is 0 Å². The van der Waals surface area contributed by atoms with Gasteiger partial charge in [-0.1, -0.05) is 38.5 Å². The number of rotatable bonds is 8. The van der Waals surface area contributed by atoms with Crippen molar-refractivity contribution >= 4 is 17.4 Å². The second-order valence-corrected chi connectivity index (χ2v) is 11.5. The van der Waals surface area contributed by atoms with E-state index in [2.05, 4.69) is 22.2 Å². The summed E-state index contributed by atoms with van der Waals surface area (Å²) >= 11 is 1.63. The van der Waals surface area contributed by atoms with E-state index >= 15 is 0 Å². The van der Waals surface area contributed by atoms with Crippen LogP contribution in [0.5, 0.6) is 11.5 Å². The highest BCUT2D eigenvalue weighted by atomic mass is 32.1. The van der Waals surface area contributed by atoms with Gasteiger partial charge in [-0.05, 0) is 68.7 Å². The van der Waals surface area contributed by atoms with Crippen molar-refractivity contribution in [3.05, 3.63) is 41.4 Å². The lowest BCUT2D eigenvalue weighted by molar-refractivity contribution is 0.196. The molecule has 0 saturated heterocycles. The van der Waals surface area contributed by atoms with E-state index in [0.29, 0.717) is 24.1 Å². The molecular weight excluding hydrogens is 482 g/mol. The Morgan fingerprint density at radius 3 is 2.38 bits per heavy atom. The first-order valence-electron chi connectivity index (χ1n) is 13.9. The molecule has 198 valence electrons. The maximum Gasteiger partial charge on any atom is 0.412 e. The SMILES string of the molecule is COc1ccc(-c2nc(-c3cc(OC(=O)NCC4CCCCC4)c(C)n3CC3CCCCC3)cs2)cc1. The first-order valence-corrected chi connectivity index (χ1v) is 14.7. The van der Waals surface area contributed by atoms with E-state index in [1.54, 1.807) is 18.4 Å². The van der Waals surface area contributed by atoms with Crippen LogP contribution in [0.2, 0.25) is 0 Å². The number of benzene rings is 1. The molecular formula is C30H39N3O3S. The molecule has 0 bridgehead atoms. The van der Waals surface area contributed by atoms with Crippen LogP contribution in [-0.2, 0) is 6.54 Å². The van der Waals surface area contributed by atoms with Crippen LogP contribution in [0, 0.1) is 18.8 Å². The summed E-state index contributed by atoms with van der Waals surface area (Å²) in [6.07, 6.45) is 12.3. The number of carbonyl (C=O) groups excluding carboxylic acids is 1. The molecule has 0 radical (unpaired) electrons. The lowest BCUT2D eigenvalue weighted by Gasteiger charge is -2.24. The summed E-state index contributed by atoms with van der Waals surface area (Å²) in [4.78, 5) is 17.7. The normalized spacial score (nSPS) is 17.0. The van der Waals surface area contributed by atoms with E-state index < -0.39 is 0 Å². The Kier molecular flexibility index (Phi) is 8.49. The van der Waals surface area contributed by atoms with Gasteiger partial charge in [0.25, 0.3) is 0 Å². The molecule has 2 aliphatic carbocycles. The maximum atomic E-state index is 12.7. The number of carbonyl (C=O) groups is 1. The van der Waals surface area contributed by atoms with Crippen LogP contribution in [0.25, 0.3) is 22.0 Å². The van der Waals surface area contributed by atoms with Crippen molar-refractivity contribution in [3.8, 4) is 33.5 Å². The fraction of sp³-hybridized carbons (Fsp3) is 0.533. The van der Waals surface area contributed by atoms with Crippen molar-refractivity contribution < 1.29 is 14.3 Å². The zero-order valence-electron chi connectivity index (χ0n) is 22.1. The van der Waals surface area contributed by atoms with Gasteiger partial charge >= 0.3 is 6.09 Å². The Morgan fingerprint density at radius 2 is 1.70 bits per heavy atom. The fourth-order valence-corrected chi connectivity index (χ4v) is 6.63. The summed E-state index contributed by atoms with van der Waals surface area (Å²) in [6, 6.07) is 10.0. The minimum Gasteiger partial charge on any atom is -0.497 e. The topological polar surface area (TPSA) is 65.4 Å². The highest BCUT2D eigenvalue weighted by molar-refractivity contribution is 7.13. The molecule has 2 heterocycles. The van der Waals surface area contributed by atoms with Crippen LogP contribution in [0.15, 0.2) is 35.7 Å². The van der Waals surface area contributed by atoms with Crippen molar-refractivity contribution in [2.75, 3.05) is 13.7 Å². The van der Waals surface area contributed by atoms with Gasteiger partial charge in [0.05, 0.1) is 24.2 Å². The maximum absolute atomic E-state index is 12.7. The second kappa shape index (κ2) is 12.2. The summed E-state index contributed by atoms with van der Waals surface area (Å²) in [5, 5.41) is 6.09. The van der Waals surface area contributed by atoms with Crippen molar-refractivity contribution in [1.29, 1.82) is 0 Å². The lowest BCUT2D eigenvalue weighted by Crippen LogP contribution is -2.32. The average Bonchev–Trinajstić information content (AvgIpc) is 3.54. The number of hydrogen-bond acceptors (Lipinski definition) is 5. The average molecular weight is 522 g/mol. The van der Waals surface area contributed by atoms with Crippen LogP contribution in [0.1, 0.15) is 69.9 Å². The Morgan fingerprint density at radius 1 is 1.03 bits per heavy atom. The molecule has 0 atom stereocenters. The Hall–Kier alpha value is -2.80. The quantitative estimate of drug-likeness (QED) is 0.328. The molecule has 3 aromatic rings. The van der Waals surface area contributed by atoms with Crippen LogP contribution >= 0.6 is 11.3 Å². The summed E-state index contributed by atoms with van der Waals surface area (Å²) in [5.41, 5.74) is 4.01. The number of ether oxygens (including phenoxy) is 2. The molecule has 7 heteroatoms. The number of nitrogens with zero attached hydrogens (tertiary/aromatic N) is 2. The number of aromatic nitrogens is 2. The van der Waals surface area contributed by atoms with Gasteiger partial charge in [-0.15, -0.1) is 11.3 Å². The van der Waals surface area contributed by atoms with E-state index in [0.717, 1.165) is 39.9 Å². The zero-order chi connectivity index (χ0) is 25.6. The lowest BCUT2D eigenvalue weighted by atomic mass is 9.89. The molecule has 0 unspecified atom stereocenters. The van der Waals surface area contributed by atoms with Crippen molar-refractivity contribution in [2.45, 2.75) is 77.7 Å². The van der Waals surface area contributed by atoms with E-state index in [-0.39, 0.29) is 6.09 Å². The molecule has 37 heavy (non-hydrogen) atoms. The molecule has 6 nitrogen and oxygen atoms in total. The number of hydrogen-bond donors (Lipinski definition) is 1.